The first-order chi connectivity index (χ1) is 7.74. The second-order valence-corrected chi connectivity index (χ2v) is 3.20. The van der Waals surface area contributed by atoms with Crippen molar-refractivity contribution in [3.05, 3.63) is 23.2 Å². The van der Waals surface area contributed by atoms with E-state index in [1.54, 1.807) is 0 Å². The highest BCUT2D eigenvalue weighted by atomic mass is 35.5. The summed E-state index contributed by atoms with van der Waals surface area (Å²) >= 11 is 5.53. The van der Waals surface area contributed by atoms with Gasteiger partial charge in [0, 0.05) is 6.54 Å². The molecule has 7 heteroatoms. The molecule has 0 saturated heterocycles. The van der Waals surface area contributed by atoms with Gasteiger partial charge in [-0.1, -0.05) is 11.6 Å². The quantitative estimate of drug-likeness (QED) is 0.682. The predicted molar refractivity (Wildman–Crippen MR) is 57.3 cm³/mol. The van der Waals surface area contributed by atoms with Crippen molar-refractivity contribution in [1.29, 1.82) is 0 Å². The van der Waals surface area contributed by atoms with Gasteiger partial charge >= 0.3 is 0 Å². The number of carbonyl (C=O) groups excluding carboxylic acids is 1. The van der Waals surface area contributed by atoms with Gasteiger partial charge in [0.25, 0.3) is 5.91 Å². The second-order valence-electron chi connectivity index (χ2n) is 2.82. The Morgan fingerprint density at radius 2 is 2.25 bits per heavy atom. The predicted octanol–water partition coefficient (Wildman–Crippen LogP) is -0.131. The van der Waals surface area contributed by atoms with Crippen LogP contribution in [0.5, 0.6) is 0 Å². The Kier molecular flexibility index (Phi) is 5.69. The average molecular weight is 246 g/mol. The smallest absolute Gasteiger partial charge is 0.271 e. The molecule has 0 unspecified atom stereocenters. The number of aromatic nitrogens is 2. The van der Waals surface area contributed by atoms with E-state index in [0.717, 1.165) is 0 Å². The van der Waals surface area contributed by atoms with Crippen molar-refractivity contribution in [2.75, 3.05) is 26.4 Å². The van der Waals surface area contributed by atoms with Crippen LogP contribution in [-0.2, 0) is 4.74 Å². The van der Waals surface area contributed by atoms with Gasteiger partial charge in [0.05, 0.1) is 32.2 Å². The maximum atomic E-state index is 11.4. The average Bonchev–Trinajstić information content (AvgIpc) is 2.29. The molecule has 1 aromatic rings. The number of amides is 1. The minimum atomic E-state index is -0.336. The fourth-order valence-electron chi connectivity index (χ4n) is 0.923. The van der Waals surface area contributed by atoms with Crippen molar-refractivity contribution in [1.82, 2.24) is 15.3 Å². The van der Waals surface area contributed by atoms with E-state index in [1.807, 2.05) is 0 Å². The van der Waals surface area contributed by atoms with Crippen LogP contribution in [0.15, 0.2) is 12.4 Å². The number of aliphatic hydroxyl groups is 1. The minimum Gasteiger partial charge on any atom is -0.394 e. The molecule has 1 aromatic heterocycles. The van der Waals surface area contributed by atoms with Crippen LogP contribution in [0.1, 0.15) is 10.5 Å². The van der Waals surface area contributed by atoms with E-state index >= 15 is 0 Å². The van der Waals surface area contributed by atoms with Crippen molar-refractivity contribution in [2.45, 2.75) is 0 Å². The molecule has 1 amide bonds. The Hall–Kier alpha value is -1.24. The number of halogens is 1. The van der Waals surface area contributed by atoms with Crippen LogP contribution in [-0.4, -0.2) is 47.3 Å². The van der Waals surface area contributed by atoms with Gasteiger partial charge in [0.2, 0.25) is 0 Å². The van der Waals surface area contributed by atoms with Crippen LogP contribution in [0.4, 0.5) is 0 Å². The zero-order chi connectivity index (χ0) is 11.8. The van der Waals surface area contributed by atoms with E-state index in [-0.39, 0.29) is 30.0 Å². The van der Waals surface area contributed by atoms with E-state index in [0.29, 0.717) is 13.2 Å². The van der Waals surface area contributed by atoms with E-state index in [9.17, 15) is 4.79 Å². The van der Waals surface area contributed by atoms with Crippen LogP contribution in [0, 0.1) is 0 Å². The van der Waals surface area contributed by atoms with Gasteiger partial charge in [0.15, 0.2) is 0 Å². The molecule has 0 bridgehead atoms. The van der Waals surface area contributed by atoms with E-state index in [2.05, 4.69) is 15.3 Å². The lowest BCUT2D eigenvalue weighted by Gasteiger charge is -2.04. The highest BCUT2D eigenvalue weighted by molar-refractivity contribution is 6.29. The van der Waals surface area contributed by atoms with Crippen molar-refractivity contribution >= 4 is 17.5 Å². The summed E-state index contributed by atoms with van der Waals surface area (Å²) in [5.41, 5.74) is 0.201. The van der Waals surface area contributed by atoms with Crippen LogP contribution in [0.25, 0.3) is 0 Å². The first-order valence-corrected chi connectivity index (χ1v) is 5.06. The summed E-state index contributed by atoms with van der Waals surface area (Å²) in [4.78, 5) is 19.0. The topological polar surface area (TPSA) is 84.3 Å². The highest BCUT2D eigenvalue weighted by Crippen LogP contribution is 2.00. The molecule has 1 rings (SSSR count). The van der Waals surface area contributed by atoms with Crippen LogP contribution < -0.4 is 5.32 Å². The van der Waals surface area contributed by atoms with E-state index in [4.69, 9.17) is 21.4 Å². The fraction of sp³-hybridized carbons (Fsp3) is 0.444. The molecular formula is C9H12ClN3O3. The largest absolute Gasteiger partial charge is 0.394 e. The van der Waals surface area contributed by atoms with Gasteiger partial charge in [-0.15, -0.1) is 0 Å². The monoisotopic (exact) mass is 245 g/mol. The Labute approximate surface area is 97.6 Å². The van der Waals surface area contributed by atoms with Gasteiger partial charge < -0.3 is 15.2 Å². The molecule has 0 spiro atoms. The Morgan fingerprint density at radius 3 is 2.88 bits per heavy atom. The van der Waals surface area contributed by atoms with Crippen LogP contribution in [0.2, 0.25) is 5.15 Å². The SMILES string of the molecule is O=C(NCCOCCO)c1cnc(Cl)cn1. The molecule has 0 aliphatic rings. The number of aliphatic hydroxyl groups excluding tert-OH is 1. The van der Waals surface area contributed by atoms with Crippen molar-refractivity contribution in [3.63, 3.8) is 0 Å². The Balaban J connectivity index is 2.27. The van der Waals surface area contributed by atoms with Gasteiger partial charge in [-0.05, 0) is 0 Å². The fourth-order valence-corrected chi connectivity index (χ4v) is 1.02. The minimum absolute atomic E-state index is 0.0311. The highest BCUT2D eigenvalue weighted by Gasteiger charge is 2.06. The summed E-state index contributed by atoms with van der Waals surface area (Å²) in [6, 6.07) is 0. The summed E-state index contributed by atoms with van der Waals surface area (Å²) in [5, 5.41) is 11.3. The molecular weight excluding hydrogens is 234 g/mol. The Morgan fingerprint density at radius 1 is 1.44 bits per heavy atom. The van der Waals surface area contributed by atoms with E-state index in [1.165, 1.54) is 12.4 Å². The standard InChI is InChI=1S/C9H12ClN3O3/c10-8-6-12-7(5-13-8)9(15)11-1-3-16-4-2-14/h5-6,14H,1-4H2,(H,11,15). The molecule has 0 atom stereocenters. The lowest BCUT2D eigenvalue weighted by Crippen LogP contribution is -2.28. The Bertz CT molecular complexity index is 331. The zero-order valence-electron chi connectivity index (χ0n) is 8.52. The molecule has 0 aliphatic heterocycles. The molecule has 1 heterocycles. The lowest BCUT2D eigenvalue weighted by molar-refractivity contribution is 0.0835. The number of nitrogens with zero attached hydrogens (tertiary/aromatic N) is 2. The number of hydrogen-bond donors (Lipinski definition) is 2. The maximum Gasteiger partial charge on any atom is 0.271 e. The number of hydrogen-bond acceptors (Lipinski definition) is 5. The summed E-state index contributed by atoms with van der Waals surface area (Å²) in [7, 11) is 0. The third-order valence-electron chi connectivity index (χ3n) is 1.62. The molecule has 16 heavy (non-hydrogen) atoms. The molecule has 2 N–H and O–H groups in total. The second kappa shape index (κ2) is 7.10. The lowest BCUT2D eigenvalue weighted by atomic mass is 10.4. The molecule has 0 radical (unpaired) electrons. The molecule has 0 aromatic carbocycles. The molecule has 0 fully saturated rings. The first kappa shape index (κ1) is 12.8. The number of nitrogens with one attached hydrogen (secondary N) is 1. The van der Waals surface area contributed by atoms with Crippen LogP contribution in [0.3, 0.4) is 0 Å². The van der Waals surface area contributed by atoms with Crippen molar-refractivity contribution < 1.29 is 14.6 Å². The summed E-state index contributed by atoms with van der Waals surface area (Å²) in [5.74, 6) is -0.336. The normalized spacial score (nSPS) is 10.1. The van der Waals surface area contributed by atoms with Crippen molar-refractivity contribution in [2.24, 2.45) is 0 Å². The first-order valence-electron chi connectivity index (χ1n) is 4.68. The van der Waals surface area contributed by atoms with Gasteiger partial charge in [-0.2, -0.15) is 0 Å². The van der Waals surface area contributed by atoms with Gasteiger partial charge in [0.1, 0.15) is 10.8 Å². The maximum absolute atomic E-state index is 11.4. The summed E-state index contributed by atoms with van der Waals surface area (Å²) < 4.78 is 4.97. The number of ether oxygens (including phenoxy) is 1. The summed E-state index contributed by atoms with van der Waals surface area (Å²) in [6.45, 7) is 0.920. The molecule has 88 valence electrons. The third kappa shape index (κ3) is 4.52. The molecule has 0 saturated carbocycles. The molecule has 0 aliphatic carbocycles. The number of carbonyl (C=O) groups is 1. The van der Waals surface area contributed by atoms with Gasteiger partial charge in [-0.3, -0.25) is 4.79 Å². The summed E-state index contributed by atoms with van der Waals surface area (Å²) in [6.07, 6.45) is 2.60. The van der Waals surface area contributed by atoms with Gasteiger partial charge in [-0.25, -0.2) is 9.97 Å². The molecule has 6 nitrogen and oxygen atoms in total. The zero-order valence-corrected chi connectivity index (χ0v) is 9.28. The third-order valence-corrected chi connectivity index (χ3v) is 1.82. The van der Waals surface area contributed by atoms with Crippen molar-refractivity contribution in [3.8, 4) is 0 Å². The van der Waals surface area contributed by atoms with E-state index < -0.39 is 0 Å². The number of rotatable bonds is 6. The van der Waals surface area contributed by atoms with Crippen LogP contribution >= 0.6 is 11.6 Å².